The fraction of sp³-hybridized carbons (Fsp3) is 0.733. The third kappa shape index (κ3) is 3.31. The minimum Gasteiger partial charge on any atom is -0.367 e. The molecule has 0 aliphatic carbocycles. The second-order valence-corrected chi connectivity index (χ2v) is 4.86. The molecule has 0 aromatic carbocycles. The SMILES string of the molecule is CCOC(CC)(CC)c1nc(C)c(CNC)c(C)n1. The molecule has 1 aromatic rings. The average Bonchev–Trinajstić information content (AvgIpc) is 2.40. The fourth-order valence-corrected chi connectivity index (χ4v) is 2.49. The Morgan fingerprint density at radius 2 is 1.58 bits per heavy atom. The van der Waals surface area contributed by atoms with Gasteiger partial charge >= 0.3 is 0 Å². The van der Waals surface area contributed by atoms with Gasteiger partial charge in [-0.25, -0.2) is 9.97 Å². The lowest BCUT2D eigenvalue weighted by Crippen LogP contribution is -2.32. The van der Waals surface area contributed by atoms with Crippen molar-refractivity contribution in [2.45, 2.75) is 59.6 Å². The first-order valence-electron chi connectivity index (χ1n) is 7.17. The fourth-order valence-electron chi connectivity index (χ4n) is 2.49. The Labute approximate surface area is 117 Å². The minimum absolute atomic E-state index is 0.345. The monoisotopic (exact) mass is 265 g/mol. The molecule has 1 heterocycles. The van der Waals surface area contributed by atoms with Crippen molar-refractivity contribution < 1.29 is 4.74 Å². The Hall–Kier alpha value is -1.00. The molecule has 0 atom stereocenters. The smallest absolute Gasteiger partial charge is 0.160 e. The standard InChI is InChI=1S/C15H27N3O/c1-7-15(8-2,19-9-3)14-17-11(4)13(10-16-6)12(5)18-14/h16H,7-10H2,1-6H3. The van der Waals surface area contributed by atoms with E-state index in [1.807, 2.05) is 27.8 Å². The van der Waals surface area contributed by atoms with Crippen LogP contribution >= 0.6 is 0 Å². The van der Waals surface area contributed by atoms with Gasteiger partial charge in [-0.05, 0) is 40.7 Å². The van der Waals surface area contributed by atoms with E-state index in [1.54, 1.807) is 0 Å². The zero-order valence-corrected chi connectivity index (χ0v) is 13.1. The normalized spacial score (nSPS) is 11.9. The van der Waals surface area contributed by atoms with Crippen molar-refractivity contribution in [3.8, 4) is 0 Å². The van der Waals surface area contributed by atoms with Gasteiger partial charge in [0.1, 0.15) is 5.60 Å². The lowest BCUT2D eigenvalue weighted by molar-refractivity contribution is -0.0574. The molecule has 19 heavy (non-hydrogen) atoms. The number of ether oxygens (including phenoxy) is 1. The van der Waals surface area contributed by atoms with E-state index in [0.29, 0.717) is 6.61 Å². The third-order valence-corrected chi connectivity index (χ3v) is 3.74. The summed E-state index contributed by atoms with van der Waals surface area (Å²) in [6, 6.07) is 0. The predicted octanol–water partition coefficient (Wildman–Crippen LogP) is 2.86. The summed E-state index contributed by atoms with van der Waals surface area (Å²) in [5, 5.41) is 3.17. The number of nitrogens with one attached hydrogen (secondary N) is 1. The van der Waals surface area contributed by atoms with Crippen LogP contribution < -0.4 is 5.32 Å². The van der Waals surface area contributed by atoms with Gasteiger partial charge in [-0.3, -0.25) is 0 Å². The van der Waals surface area contributed by atoms with Crippen LogP contribution in [0.2, 0.25) is 0 Å². The summed E-state index contributed by atoms with van der Waals surface area (Å²) in [6.07, 6.45) is 1.78. The molecule has 0 aliphatic heterocycles. The van der Waals surface area contributed by atoms with E-state index in [1.165, 1.54) is 5.56 Å². The zero-order valence-electron chi connectivity index (χ0n) is 13.1. The molecule has 108 valence electrons. The number of hydrogen-bond acceptors (Lipinski definition) is 4. The van der Waals surface area contributed by atoms with Gasteiger partial charge in [-0.15, -0.1) is 0 Å². The van der Waals surface area contributed by atoms with Crippen LogP contribution in [0, 0.1) is 13.8 Å². The Bertz CT molecular complexity index is 391. The summed E-state index contributed by atoms with van der Waals surface area (Å²) in [7, 11) is 1.94. The molecule has 1 aromatic heterocycles. The predicted molar refractivity (Wildman–Crippen MR) is 78.2 cm³/mol. The van der Waals surface area contributed by atoms with Crippen LogP contribution in [0.3, 0.4) is 0 Å². The summed E-state index contributed by atoms with van der Waals surface area (Å²) in [6.45, 7) is 11.9. The number of rotatable bonds is 7. The number of nitrogens with zero attached hydrogens (tertiary/aromatic N) is 2. The molecule has 0 spiro atoms. The Kier molecular flexibility index (Phi) is 5.88. The van der Waals surface area contributed by atoms with Gasteiger partial charge in [-0.2, -0.15) is 0 Å². The van der Waals surface area contributed by atoms with Crippen molar-refractivity contribution in [3.63, 3.8) is 0 Å². The van der Waals surface area contributed by atoms with Crippen molar-refractivity contribution in [1.82, 2.24) is 15.3 Å². The van der Waals surface area contributed by atoms with Crippen molar-refractivity contribution in [2.24, 2.45) is 0 Å². The molecule has 0 unspecified atom stereocenters. The highest BCUT2D eigenvalue weighted by Crippen LogP contribution is 2.31. The van der Waals surface area contributed by atoms with Crippen LogP contribution in [0.5, 0.6) is 0 Å². The third-order valence-electron chi connectivity index (χ3n) is 3.74. The molecule has 0 fully saturated rings. The highest BCUT2D eigenvalue weighted by molar-refractivity contribution is 5.25. The summed E-state index contributed by atoms with van der Waals surface area (Å²) < 4.78 is 5.98. The summed E-state index contributed by atoms with van der Waals surface area (Å²) in [5.41, 5.74) is 2.93. The van der Waals surface area contributed by atoms with Gasteiger partial charge in [0.15, 0.2) is 5.82 Å². The molecule has 0 bridgehead atoms. The zero-order chi connectivity index (χ0) is 14.5. The maximum absolute atomic E-state index is 5.98. The lowest BCUT2D eigenvalue weighted by Gasteiger charge is -2.30. The molecule has 0 aliphatic rings. The quantitative estimate of drug-likeness (QED) is 0.823. The molecule has 0 saturated carbocycles. The Morgan fingerprint density at radius 1 is 1.05 bits per heavy atom. The van der Waals surface area contributed by atoms with E-state index in [4.69, 9.17) is 14.7 Å². The summed E-state index contributed by atoms with van der Waals surface area (Å²) in [4.78, 5) is 9.42. The number of hydrogen-bond donors (Lipinski definition) is 1. The van der Waals surface area contributed by atoms with Gasteiger partial charge in [0.2, 0.25) is 0 Å². The van der Waals surface area contributed by atoms with Crippen LogP contribution in [0.25, 0.3) is 0 Å². The topological polar surface area (TPSA) is 47.0 Å². The summed E-state index contributed by atoms with van der Waals surface area (Å²) in [5.74, 6) is 0.828. The van der Waals surface area contributed by atoms with E-state index in [-0.39, 0.29) is 5.60 Å². The highest BCUT2D eigenvalue weighted by atomic mass is 16.5. The average molecular weight is 265 g/mol. The van der Waals surface area contributed by atoms with Crippen molar-refractivity contribution in [1.29, 1.82) is 0 Å². The molecule has 4 heteroatoms. The van der Waals surface area contributed by atoms with Crippen LogP contribution in [0.15, 0.2) is 0 Å². The van der Waals surface area contributed by atoms with Gasteiger partial charge < -0.3 is 10.1 Å². The van der Waals surface area contributed by atoms with E-state index < -0.39 is 0 Å². The Morgan fingerprint density at radius 3 is 1.95 bits per heavy atom. The van der Waals surface area contributed by atoms with Crippen LogP contribution in [0.4, 0.5) is 0 Å². The maximum atomic E-state index is 5.98. The molecular weight excluding hydrogens is 238 g/mol. The van der Waals surface area contributed by atoms with Crippen LogP contribution in [-0.2, 0) is 16.9 Å². The first-order valence-corrected chi connectivity index (χ1v) is 7.17. The van der Waals surface area contributed by atoms with Gasteiger partial charge in [0.25, 0.3) is 0 Å². The first-order chi connectivity index (χ1) is 9.04. The minimum atomic E-state index is -0.345. The maximum Gasteiger partial charge on any atom is 0.160 e. The molecule has 1 N–H and O–H groups in total. The molecule has 4 nitrogen and oxygen atoms in total. The number of aromatic nitrogens is 2. The van der Waals surface area contributed by atoms with E-state index in [2.05, 4.69) is 19.2 Å². The Balaban J connectivity index is 3.26. The van der Waals surface area contributed by atoms with Crippen LogP contribution in [0.1, 0.15) is 56.4 Å². The van der Waals surface area contributed by atoms with Crippen molar-refractivity contribution in [3.05, 3.63) is 22.8 Å². The summed E-state index contributed by atoms with van der Waals surface area (Å²) >= 11 is 0. The largest absolute Gasteiger partial charge is 0.367 e. The van der Waals surface area contributed by atoms with E-state index >= 15 is 0 Å². The van der Waals surface area contributed by atoms with E-state index in [9.17, 15) is 0 Å². The number of aryl methyl sites for hydroxylation is 2. The second-order valence-electron chi connectivity index (χ2n) is 4.86. The van der Waals surface area contributed by atoms with Gasteiger partial charge in [-0.1, -0.05) is 13.8 Å². The highest BCUT2D eigenvalue weighted by Gasteiger charge is 2.33. The molecule has 1 rings (SSSR count). The molecule has 0 amide bonds. The van der Waals surface area contributed by atoms with Crippen molar-refractivity contribution >= 4 is 0 Å². The van der Waals surface area contributed by atoms with Gasteiger partial charge in [0.05, 0.1) is 0 Å². The lowest BCUT2D eigenvalue weighted by atomic mass is 9.95. The van der Waals surface area contributed by atoms with Gasteiger partial charge in [0, 0.05) is 30.1 Å². The van der Waals surface area contributed by atoms with Crippen LogP contribution in [-0.4, -0.2) is 23.6 Å². The molecule has 0 radical (unpaired) electrons. The van der Waals surface area contributed by atoms with Crippen molar-refractivity contribution in [2.75, 3.05) is 13.7 Å². The molecular formula is C15H27N3O. The molecule has 0 saturated heterocycles. The van der Waals surface area contributed by atoms with E-state index in [0.717, 1.165) is 36.6 Å². The first kappa shape index (κ1) is 16.1. The second kappa shape index (κ2) is 6.96.